The van der Waals surface area contributed by atoms with Crippen LogP contribution >= 0.6 is 0 Å². The van der Waals surface area contributed by atoms with Gasteiger partial charge in [-0.05, 0) is 25.3 Å². The van der Waals surface area contributed by atoms with Crippen LogP contribution in [0, 0.1) is 0 Å². The van der Waals surface area contributed by atoms with Gasteiger partial charge < -0.3 is 59.3 Å². The van der Waals surface area contributed by atoms with E-state index in [2.05, 4.69) is 37.0 Å². The van der Waals surface area contributed by atoms with Crippen LogP contribution in [0.2, 0.25) is 6.04 Å². The molecule has 0 atom stereocenters. The van der Waals surface area contributed by atoms with E-state index in [4.69, 9.17) is 13.6 Å². The standard InChI is InChI=1S/C41H90N4O18S3Si/c1-4-5-6-7-8-9-10-11-12-13-14-15-16-17-18-19-24-45(2,3)25-20-29-67(38-61-41(34-50,35-51)44-23-28-66(58,59)60,62-36-39(30-46,31-47)42-21-26-64(52,53)54)63-37-40(32-48,33-49)43-22-27-65(55,56)57/h42-44,46-51H,4-38H2,1-3H3,(H2-,52,53,54,55,56,57,58,59,60)/p+1. The first-order chi connectivity index (χ1) is 31.4. The number of ether oxygens (including phenoxy) is 1. The van der Waals surface area contributed by atoms with Crippen molar-refractivity contribution in [2.45, 2.75) is 139 Å². The molecular formula is C41H91N4O18S3Si+. The fourth-order valence-electron chi connectivity index (χ4n) is 7.32. The lowest BCUT2D eigenvalue weighted by atomic mass is 10.0. The Kier molecular flexibility index (Phi) is 34.4. The monoisotopic (exact) mass is 1050 g/mol. The van der Waals surface area contributed by atoms with E-state index < -0.39 is 152 Å². The predicted octanol–water partition coefficient (Wildman–Crippen LogP) is 0.306. The van der Waals surface area contributed by atoms with Crippen molar-refractivity contribution in [3.05, 3.63) is 0 Å². The fraction of sp³-hybridized carbons (Fsp3) is 1.00. The quantitative estimate of drug-likeness (QED) is 0.0128. The smallest absolute Gasteiger partial charge is 0.365 e. The molecule has 0 fully saturated rings. The summed E-state index contributed by atoms with van der Waals surface area (Å²) >= 11 is 0. The second-order valence-electron chi connectivity index (χ2n) is 18.7. The van der Waals surface area contributed by atoms with Crippen molar-refractivity contribution in [3.8, 4) is 0 Å². The Bertz CT molecular complexity index is 1450. The van der Waals surface area contributed by atoms with Gasteiger partial charge in [-0.3, -0.25) is 19.0 Å². The van der Waals surface area contributed by atoms with Gasteiger partial charge in [0, 0.05) is 19.6 Å². The zero-order chi connectivity index (χ0) is 51.0. The van der Waals surface area contributed by atoms with Crippen LogP contribution in [0.3, 0.4) is 0 Å². The van der Waals surface area contributed by atoms with Crippen molar-refractivity contribution in [1.82, 2.24) is 16.0 Å². The van der Waals surface area contributed by atoms with Crippen LogP contribution in [0.1, 0.15) is 116 Å². The SMILES string of the molecule is CCCCCCCCCCCCCCCCCC[N+](C)(C)CCC[Si](COC(CO)(CO)NCCS(=O)(=O)O)(OCC(CO)(CO)NCCS(=O)(=O)O)OCC(CO)(CO)NCCS(=O)(=O)O. The van der Waals surface area contributed by atoms with Crippen molar-refractivity contribution >= 4 is 38.9 Å². The lowest BCUT2D eigenvalue weighted by molar-refractivity contribution is -0.890. The minimum Gasteiger partial charge on any atom is -0.394 e. The van der Waals surface area contributed by atoms with E-state index in [1.54, 1.807) is 0 Å². The van der Waals surface area contributed by atoms with Gasteiger partial charge in [-0.25, -0.2) is 0 Å². The summed E-state index contributed by atoms with van der Waals surface area (Å²) in [7, 11) is -13.5. The largest absolute Gasteiger partial charge is 0.394 e. The summed E-state index contributed by atoms with van der Waals surface area (Å²) in [5, 5.41) is 70.6. The van der Waals surface area contributed by atoms with Crippen molar-refractivity contribution < 1.29 is 87.6 Å². The molecular weight excluding hydrogens is 961 g/mol. The number of rotatable bonds is 48. The molecule has 12 N–H and O–H groups in total. The highest BCUT2D eigenvalue weighted by Gasteiger charge is 2.47. The number of quaternary nitrogens is 1. The van der Waals surface area contributed by atoms with Gasteiger partial charge >= 0.3 is 8.56 Å². The zero-order valence-electron chi connectivity index (χ0n) is 40.6. The fourth-order valence-corrected chi connectivity index (χ4v) is 11.4. The lowest BCUT2D eigenvalue weighted by Gasteiger charge is -2.42. The molecule has 0 aromatic heterocycles. The number of aliphatic hydroxyl groups is 6. The molecule has 22 nitrogen and oxygen atoms in total. The Hall–Kier alpha value is -0.573. The van der Waals surface area contributed by atoms with Crippen LogP contribution < -0.4 is 16.0 Å². The van der Waals surface area contributed by atoms with E-state index in [1.807, 2.05) is 0 Å². The summed E-state index contributed by atoms with van der Waals surface area (Å²) < 4.78 is 116. The molecule has 0 spiro atoms. The molecule has 0 aromatic carbocycles. The van der Waals surface area contributed by atoms with E-state index in [1.165, 1.54) is 83.5 Å². The number of hydrogen-bond acceptors (Lipinski definition) is 18. The summed E-state index contributed by atoms with van der Waals surface area (Å²) in [6.45, 7) is -4.14. The molecule has 0 bridgehead atoms. The van der Waals surface area contributed by atoms with Gasteiger partial charge in [0.05, 0.1) is 115 Å². The van der Waals surface area contributed by atoms with Crippen molar-refractivity contribution in [3.63, 3.8) is 0 Å². The average molecular weight is 1050 g/mol. The molecule has 26 heteroatoms. The summed E-state index contributed by atoms with van der Waals surface area (Å²) in [4.78, 5) is 0. The van der Waals surface area contributed by atoms with Crippen LogP contribution in [0.15, 0.2) is 0 Å². The molecule has 0 aromatic rings. The highest BCUT2D eigenvalue weighted by Crippen LogP contribution is 2.25. The molecule has 0 aliphatic rings. The maximum Gasteiger partial charge on any atom is 0.365 e. The molecule has 0 saturated heterocycles. The third kappa shape index (κ3) is 32.9. The normalized spacial score (nSPS) is 13.8. The molecule has 0 rings (SSSR count). The Morgan fingerprint density at radius 2 is 0.806 bits per heavy atom. The first-order valence-electron chi connectivity index (χ1n) is 23.9. The predicted molar refractivity (Wildman–Crippen MR) is 258 cm³/mol. The maximum absolute atomic E-state index is 11.5. The second-order valence-corrected chi connectivity index (χ2v) is 26.6. The Morgan fingerprint density at radius 1 is 0.478 bits per heavy atom. The van der Waals surface area contributed by atoms with E-state index in [9.17, 15) is 69.6 Å². The Labute approximate surface area is 403 Å². The summed E-state index contributed by atoms with van der Waals surface area (Å²) in [6.07, 6.45) is 19.7. The van der Waals surface area contributed by atoms with E-state index in [0.29, 0.717) is 17.4 Å². The third-order valence-electron chi connectivity index (χ3n) is 12.0. The highest BCUT2D eigenvalue weighted by molar-refractivity contribution is 7.86. The number of unbranched alkanes of at least 4 members (excludes halogenated alkanes) is 15. The van der Waals surface area contributed by atoms with Crippen LogP contribution in [0.4, 0.5) is 0 Å². The minimum absolute atomic E-state index is 0.0432. The summed E-state index contributed by atoms with van der Waals surface area (Å²) in [5.41, 5.74) is -5.57. The first kappa shape index (κ1) is 66.4. The van der Waals surface area contributed by atoms with Gasteiger partial charge in [-0.1, -0.05) is 96.8 Å². The maximum atomic E-state index is 11.5. The van der Waals surface area contributed by atoms with Gasteiger partial charge in [-0.2, -0.15) is 25.3 Å². The molecule has 0 aliphatic carbocycles. The molecule has 0 heterocycles. The zero-order valence-corrected chi connectivity index (χ0v) is 44.1. The summed E-state index contributed by atoms with van der Waals surface area (Å²) in [5.74, 6) is -2.41. The highest BCUT2D eigenvalue weighted by atomic mass is 32.2. The van der Waals surface area contributed by atoms with Gasteiger partial charge in [0.1, 0.15) is 0 Å². The molecule has 0 aliphatic heterocycles. The van der Waals surface area contributed by atoms with Gasteiger partial charge in [-0.15, -0.1) is 0 Å². The van der Waals surface area contributed by atoms with Crippen LogP contribution in [-0.4, -0.2) is 223 Å². The van der Waals surface area contributed by atoms with Crippen LogP contribution in [-0.2, 0) is 43.9 Å². The third-order valence-corrected chi connectivity index (χ3v) is 17.2. The van der Waals surface area contributed by atoms with Gasteiger partial charge in [0.2, 0.25) is 0 Å². The van der Waals surface area contributed by atoms with E-state index >= 15 is 0 Å². The number of hydrogen-bond donors (Lipinski definition) is 12. The Balaban J connectivity index is 6.29. The van der Waals surface area contributed by atoms with Crippen molar-refractivity contribution in [2.75, 3.05) is 123 Å². The molecule has 0 radical (unpaired) electrons. The van der Waals surface area contributed by atoms with Crippen molar-refractivity contribution in [2.24, 2.45) is 0 Å². The summed E-state index contributed by atoms with van der Waals surface area (Å²) in [6, 6.07) is 0.0432. The molecule has 0 saturated carbocycles. The number of nitrogens with one attached hydrogen (secondary N) is 3. The topological polar surface area (TPSA) is 348 Å². The minimum atomic E-state index is -4.49. The van der Waals surface area contributed by atoms with E-state index in [-0.39, 0.29) is 6.04 Å². The van der Waals surface area contributed by atoms with Gasteiger partial charge in [0.25, 0.3) is 30.4 Å². The Morgan fingerprint density at radius 3 is 1.13 bits per heavy atom. The number of aliphatic hydroxyl groups excluding tert-OH is 6. The molecule has 67 heavy (non-hydrogen) atoms. The second kappa shape index (κ2) is 34.7. The molecule has 0 amide bonds. The number of nitrogens with zero attached hydrogens (tertiary/aromatic N) is 1. The van der Waals surface area contributed by atoms with Crippen molar-refractivity contribution in [1.29, 1.82) is 0 Å². The first-order valence-corrected chi connectivity index (χ1v) is 30.9. The van der Waals surface area contributed by atoms with Crippen LogP contribution in [0.5, 0.6) is 0 Å². The average Bonchev–Trinajstić information content (AvgIpc) is 3.26. The molecule has 0 unspecified atom stereocenters. The van der Waals surface area contributed by atoms with Crippen LogP contribution in [0.25, 0.3) is 0 Å². The lowest BCUT2D eigenvalue weighted by Crippen LogP contribution is -2.64. The molecule has 404 valence electrons. The van der Waals surface area contributed by atoms with E-state index in [0.717, 1.165) is 25.8 Å². The van der Waals surface area contributed by atoms with Gasteiger partial charge in [0.15, 0.2) is 5.72 Å².